The van der Waals surface area contributed by atoms with Crippen LogP contribution in [-0.4, -0.2) is 67.6 Å². The molecule has 3 rings (SSSR count). The van der Waals surface area contributed by atoms with Crippen molar-refractivity contribution < 1.29 is 19.1 Å². The van der Waals surface area contributed by atoms with Gasteiger partial charge in [0.05, 0.1) is 26.7 Å². The Kier molecular flexibility index (Phi) is 5.35. The van der Waals surface area contributed by atoms with Gasteiger partial charge in [-0.05, 0) is 30.5 Å². The molecule has 2 aliphatic rings. The van der Waals surface area contributed by atoms with E-state index in [0.29, 0.717) is 39.3 Å². The molecule has 1 atom stereocenters. The van der Waals surface area contributed by atoms with Crippen LogP contribution in [0.3, 0.4) is 0 Å². The van der Waals surface area contributed by atoms with Crippen LogP contribution >= 0.6 is 0 Å². The van der Waals surface area contributed by atoms with Crippen LogP contribution in [0.15, 0.2) is 24.3 Å². The molecule has 130 valence electrons. The largest absolute Gasteiger partial charge is 0.497 e. The van der Waals surface area contributed by atoms with E-state index in [0.717, 1.165) is 24.2 Å². The van der Waals surface area contributed by atoms with Crippen LogP contribution in [0.5, 0.6) is 5.75 Å². The van der Waals surface area contributed by atoms with Crippen molar-refractivity contribution in [1.82, 2.24) is 9.80 Å². The van der Waals surface area contributed by atoms with Crippen molar-refractivity contribution in [3.05, 3.63) is 29.8 Å². The number of carbonyl (C=O) groups excluding carboxylic acids is 2. The number of carbonyl (C=O) groups is 2. The van der Waals surface area contributed by atoms with E-state index in [9.17, 15) is 9.59 Å². The molecule has 2 saturated heterocycles. The molecule has 2 fully saturated rings. The first-order valence-corrected chi connectivity index (χ1v) is 8.48. The van der Waals surface area contributed by atoms with E-state index in [1.165, 1.54) is 0 Å². The molecule has 0 aliphatic carbocycles. The summed E-state index contributed by atoms with van der Waals surface area (Å²) in [5, 5.41) is 0. The van der Waals surface area contributed by atoms with Gasteiger partial charge in [-0.3, -0.25) is 9.59 Å². The highest BCUT2D eigenvalue weighted by molar-refractivity contribution is 5.89. The lowest BCUT2D eigenvalue weighted by atomic mass is 10.1. The zero-order valence-electron chi connectivity index (χ0n) is 14.1. The lowest BCUT2D eigenvalue weighted by molar-refractivity contribution is -0.146. The predicted octanol–water partition coefficient (Wildman–Crippen LogP) is 1.09. The summed E-state index contributed by atoms with van der Waals surface area (Å²) in [5.74, 6) is 0.857. The molecule has 0 bridgehead atoms. The number of nitrogens with zero attached hydrogens (tertiary/aromatic N) is 2. The second kappa shape index (κ2) is 7.66. The first-order chi connectivity index (χ1) is 11.7. The summed E-state index contributed by atoms with van der Waals surface area (Å²) in [6, 6.07) is 7.18. The number of rotatable bonds is 4. The summed E-state index contributed by atoms with van der Waals surface area (Å²) in [6.45, 7) is 3.07. The third-order valence-electron chi connectivity index (χ3n) is 4.70. The number of amides is 2. The Labute approximate surface area is 142 Å². The standard InChI is InChI=1S/C18H24N2O4/c1-23-15-6-4-14(5-7-15)13-17(21)20-8-2-3-16(20)18(22)19-9-11-24-12-10-19/h4-7,16H,2-3,8-13H2,1H3/t16-/m0/s1. The van der Waals surface area contributed by atoms with Gasteiger partial charge in [0.2, 0.25) is 11.8 Å². The fourth-order valence-electron chi connectivity index (χ4n) is 3.34. The molecule has 0 aromatic heterocycles. The Morgan fingerprint density at radius 2 is 1.88 bits per heavy atom. The van der Waals surface area contributed by atoms with Gasteiger partial charge in [0.1, 0.15) is 11.8 Å². The molecule has 24 heavy (non-hydrogen) atoms. The van der Waals surface area contributed by atoms with Crippen molar-refractivity contribution in [3.63, 3.8) is 0 Å². The molecular weight excluding hydrogens is 308 g/mol. The third-order valence-corrected chi connectivity index (χ3v) is 4.70. The highest BCUT2D eigenvalue weighted by atomic mass is 16.5. The molecule has 0 unspecified atom stereocenters. The maximum Gasteiger partial charge on any atom is 0.245 e. The Bertz CT molecular complexity index is 581. The number of hydrogen-bond acceptors (Lipinski definition) is 4. The maximum absolute atomic E-state index is 12.7. The highest BCUT2D eigenvalue weighted by Crippen LogP contribution is 2.22. The van der Waals surface area contributed by atoms with Crippen molar-refractivity contribution in [2.75, 3.05) is 40.0 Å². The average molecular weight is 332 g/mol. The zero-order chi connectivity index (χ0) is 16.9. The molecule has 1 aromatic carbocycles. The second-order valence-electron chi connectivity index (χ2n) is 6.21. The van der Waals surface area contributed by atoms with Gasteiger partial charge in [-0.2, -0.15) is 0 Å². The number of benzene rings is 1. The summed E-state index contributed by atoms with van der Waals surface area (Å²) < 4.78 is 10.4. The average Bonchev–Trinajstić information content (AvgIpc) is 3.12. The second-order valence-corrected chi connectivity index (χ2v) is 6.21. The Morgan fingerprint density at radius 3 is 2.54 bits per heavy atom. The fourth-order valence-corrected chi connectivity index (χ4v) is 3.34. The summed E-state index contributed by atoms with van der Waals surface area (Å²) in [5.41, 5.74) is 0.935. The number of hydrogen-bond donors (Lipinski definition) is 0. The molecule has 2 amide bonds. The van der Waals surface area contributed by atoms with Crippen LogP contribution in [0.2, 0.25) is 0 Å². The lowest BCUT2D eigenvalue weighted by Gasteiger charge is -2.32. The van der Waals surface area contributed by atoms with Crippen molar-refractivity contribution in [3.8, 4) is 5.75 Å². The van der Waals surface area contributed by atoms with Gasteiger partial charge in [0, 0.05) is 19.6 Å². The number of methoxy groups -OCH3 is 1. The summed E-state index contributed by atoms with van der Waals surface area (Å²) in [7, 11) is 1.62. The highest BCUT2D eigenvalue weighted by Gasteiger charge is 2.36. The Morgan fingerprint density at radius 1 is 1.17 bits per heavy atom. The molecule has 0 spiro atoms. The van der Waals surface area contributed by atoms with Crippen molar-refractivity contribution in [1.29, 1.82) is 0 Å². The zero-order valence-corrected chi connectivity index (χ0v) is 14.1. The van der Waals surface area contributed by atoms with E-state index < -0.39 is 0 Å². The summed E-state index contributed by atoms with van der Waals surface area (Å²) >= 11 is 0. The Balaban J connectivity index is 1.63. The number of ether oxygens (including phenoxy) is 2. The molecular formula is C18H24N2O4. The molecule has 0 saturated carbocycles. The molecule has 0 radical (unpaired) electrons. The Hall–Kier alpha value is -2.08. The quantitative estimate of drug-likeness (QED) is 0.828. The van der Waals surface area contributed by atoms with Crippen LogP contribution < -0.4 is 4.74 Å². The fraction of sp³-hybridized carbons (Fsp3) is 0.556. The minimum atomic E-state index is -0.311. The van der Waals surface area contributed by atoms with Gasteiger partial charge >= 0.3 is 0 Å². The van der Waals surface area contributed by atoms with E-state index in [-0.39, 0.29) is 17.9 Å². The molecule has 2 aliphatic heterocycles. The third kappa shape index (κ3) is 3.70. The number of morpholine rings is 1. The van der Waals surface area contributed by atoms with Gasteiger partial charge in [0.15, 0.2) is 0 Å². The lowest BCUT2D eigenvalue weighted by Crippen LogP contribution is -2.51. The molecule has 6 nitrogen and oxygen atoms in total. The smallest absolute Gasteiger partial charge is 0.245 e. The van der Waals surface area contributed by atoms with Crippen LogP contribution in [0, 0.1) is 0 Å². The van der Waals surface area contributed by atoms with Crippen molar-refractivity contribution in [2.45, 2.75) is 25.3 Å². The van der Waals surface area contributed by atoms with E-state index in [2.05, 4.69) is 0 Å². The first-order valence-electron chi connectivity index (χ1n) is 8.48. The molecule has 2 heterocycles. The van der Waals surface area contributed by atoms with Gasteiger partial charge in [-0.1, -0.05) is 12.1 Å². The van der Waals surface area contributed by atoms with Crippen molar-refractivity contribution >= 4 is 11.8 Å². The van der Waals surface area contributed by atoms with Gasteiger partial charge in [-0.15, -0.1) is 0 Å². The van der Waals surface area contributed by atoms with Crippen LogP contribution in [0.1, 0.15) is 18.4 Å². The first kappa shape index (κ1) is 16.8. The van der Waals surface area contributed by atoms with Gasteiger partial charge in [0.25, 0.3) is 0 Å². The van der Waals surface area contributed by atoms with Gasteiger partial charge < -0.3 is 19.3 Å². The van der Waals surface area contributed by atoms with Crippen LogP contribution in [0.4, 0.5) is 0 Å². The minimum absolute atomic E-state index is 0.0178. The molecule has 1 aromatic rings. The van der Waals surface area contributed by atoms with E-state index >= 15 is 0 Å². The van der Waals surface area contributed by atoms with Crippen LogP contribution in [0.25, 0.3) is 0 Å². The summed E-state index contributed by atoms with van der Waals surface area (Å²) in [4.78, 5) is 29.0. The normalized spacial score (nSPS) is 21.0. The maximum atomic E-state index is 12.7. The predicted molar refractivity (Wildman–Crippen MR) is 88.8 cm³/mol. The van der Waals surface area contributed by atoms with Crippen LogP contribution in [-0.2, 0) is 20.7 Å². The van der Waals surface area contributed by atoms with Gasteiger partial charge in [-0.25, -0.2) is 0 Å². The van der Waals surface area contributed by atoms with E-state index in [1.807, 2.05) is 29.2 Å². The SMILES string of the molecule is COc1ccc(CC(=O)N2CCC[C@H]2C(=O)N2CCOCC2)cc1. The van der Waals surface area contributed by atoms with Crippen molar-refractivity contribution in [2.24, 2.45) is 0 Å². The van der Waals surface area contributed by atoms with E-state index in [4.69, 9.17) is 9.47 Å². The minimum Gasteiger partial charge on any atom is -0.497 e. The molecule has 6 heteroatoms. The number of likely N-dealkylation sites (tertiary alicyclic amines) is 1. The summed E-state index contributed by atoms with van der Waals surface area (Å²) in [6.07, 6.45) is 1.95. The van der Waals surface area contributed by atoms with E-state index in [1.54, 1.807) is 12.0 Å². The molecule has 0 N–H and O–H groups in total. The topological polar surface area (TPSA) is 59.1 Å². The monoisotopic (exact) mass is 332 g/mol.